The van der Waals surface area contributed by atoms with E-state index in [1.807, 2.05) is 6.92 Å². The third-order valence-electron chi connectivity index (χ3n) is 4.45. The predicted molar refractivity (Wildman–Crippen MR) is 109 cm³/mol. The fraction of sp³-hybridized carbons (Fsp3) is 0.667. The molecular formula is C21H34FN3O3. The van der Waals surface area contributed by atoms with E-state index in [-0.39, 0.29) is 5.82 Å². The standard InChI is InChI=1S/C21H34FN3O3/c1-2-23-21(24-11-3-13-27-17-18-9-15-26-16-10-18)25-12-4-14-28-20-7-5-19(22)6-8-20/h5-8,18H,2-4,9-17H2,1H3,(H2,23,24,25). The van der Waals surface area contributed by atoms with Gasteiger partial charge in [-0.3, -0.25) is 4.99 Å². The summed E-state index contributed by atoms with van der Waals surface area (Å²) in [5, 5.41) is 6.57. The van der Waals surface area contributed by atoms with Crippen molar-refractivity contribution < 1.29 is 18.6 Å². The van der Waals surface area contributed by atoms with Crippen LogP contribution in [0.15, 0.2) is 29.3 Å². The summed E-state index contributed by atoms with van der Waals surface area (Å²) < 4.78 is 29.6. The van der Waals surface area contributed by atoms with E-state index in [0.29, 0.717) is 24.8 Å². The lowest BCUT2D eigenvalue weighted by Gasteiger charge is -2.21. The highest BCUT2D eigenvalue weighted by Gasteiger charge is 2.13. The quantitative estimate of drug-likeness (QED) is 0.324. The van der Waals surface area contributed by atoms with Crippen molar-refractivity contribution in [2.75, 3.05) is 52.7 Å². The second kappa shape index (κ2) is 14.2. The summed E-state index contributed by atoms with van der Waals surface area (Å²) in [7, 11) is 0. The maximum atomic E-state index is 12.8. The molecule has 0 amide bonds. The van der Waals surface area contributed by atoms with Crippen molar-refractivity contribution in [2.24, 2.45) is 10.9 Å². The van der Waals surface area contributed by atoms with Gasteiger partial charge >= 0.3 is 0 Å². The summed E-state index contributed by atoms with van der Waals surface area (Å²) in [4.78, 5) is 4.55. The van der Waals surface area contributed by atoms with Gasteiger partial charge in [-0.25, -0.2) is 4.39 Å². The number of halogens is 1. The van der Waals surface area contributed by atoms with Crippen LogP contribution in [0.1, 0.15) is 32.6 Å². The van der Waals surface area contributed by atoms with E-state index in [2.05, 4.69) is 15.6 Å². The molecule has 0 atom stereocenters. The molecule has 1 heterocycles. The highest BCUT2D eigenvalue weighted by molar-refractivity contribution is 5.79. The zero-order chi connectivity index (χ0) is 19.9. The number of nitrogens with one attached hydrogen (secondary N) is 2. The minimum absolute atomic E-state index is 0.257. The van der Waals surface area contributed by atoms with Crippen molar-refractivity contribution in [1.29, 1.82) is 0 Å². The third kappa shape index (κ3) is 9.90. The van der Waals surface area contributed by atoms with Gasteiger partial charge in [0.25, 0.3) is 0 Å². The van der Waals surface area contributed by atoms with Gasteiger partial charge in [0.15, 0.2) is 5.96 Å². The highest BCUT2D eigenvalue weighted by atomic mass is 19.1. The fourth-order valence-corrected chi connectivity index (χ4v) is 2.86. The van der Waals surface area contributed by atoms with Crippen LogP contribution in [0, 0.1) is 11.7 Å². The van der Waals surface area contributed by atoms with Gasteiger partial charge in [-0.2, -0.15) is 0 Å². The largest absolute Gasteiger partial charge is 0.494 e. The van der Waals surface area contributed by atoms with Crippen molar-refractivity contribution in [3.05, 3.63) is 30.1 Å². The van der Waals surface area contributed by atoms with Crippen LogP contribution in [-0.2, 0) is 9.47 Å². The van der Waals surface area contributed by atoms with Crippen LogP contribution in [-0.4, -0.2) is 58.6 Å². The molecule has 158 valence electrons. The molecule has 6 nitrogen and oxygen atoms in total. The van der Waals surface area contributed by atoms with E-state index < -0.39 is 0 Å². The van der Waals surface area contributed by atoms with Gasteiger partial charge in [0.05, 0.1) is 6.61 Å². The van der Waals surface area contributed by atoms with Gasteiger partial charge in [-0.05, 0) is 56.4 Å². The number of hydrogen-bond donors (Lipinski definition) is 2. The lowest BCUT2D eigenvalue weighted by molar-refractivity contribution is 0.0203. The number of benzene rings is 1. The van der Waals surface area contributed by atoms with E-state index in [1.165, 1.54) is 12.1 Å². The lowest BCUT2D eigenvalue weighted by atomic mass is 10.0. The van der Waals surface area contributed by atoms with E-state index in [4.69, 9.17) is 14.2 Å². The number of nitrogens with zero attached hydrogens (tertiary/aromatic N) is 1. The van der Waals surface area contributed by atoms with E-state index in [9.17, 15) is 4.39 Å². The minimum Gasteiger partial charge on any atom is -0.494 e. The van der Waals surface area contributed by atoms with Gasteiger partial charge in [0.1, 0.15) is 11.6 Å². The summed E-state index contributed by atoms with van der Waals surface area (Å²) in [5.41, 5.74) is 0. The Morgan fingerprint density at radius 3 is 2.68 bits per heavy atom. The Bertz CT molecular complexity index is 548. The molecule has 1 aromatic rings. The first-order chi connectivity index (χ1) is 13.8. The number of hydrogen-bond acceptors (Lipinski definition) is 4. The van der Waals surface area contributed by atoms with Crippen LogP contribution in [0.4, 0.5) is 4.39 Å². The molecule has 0 aromatic heterocycles. The number of aliphatic imine (C=N–C) groups is 1. The molecule has 1 fully saturated rings. The van der Waals surface area contributed by atoms with Gasteiger partial charge < -0.3 is 24.8 Å². The van der Waals surface area contributed by atoms with E-state index in [0.717, 1.165) is 71.2 Å². The molecule has 0 radical (unpaired) electrons. The Morgan fingerprint density at radius 1 is 1.14 bits per heavy atom. The summed E-state index contributed by atoms with van der Waals surface area (Å²) in [6.07, 6.45) is 3.96. The topological polar surface area (TPSA) is 64.1 Å². The van der Waals surface area contributed by atoms with E-state index in [1.54, 1.807) is 12.1 Å². The van der Waals surface area contributed by atoms with Crippen molar-refractivity contribution in [1.82, 2.24) is 10.6 Å². The first-order valence-electron chi connectivity index (χ1n) is 10.3. The Morgan fingerprint density at radius 2 is 1.93 bits per heavy atom. The van der Waals surface area contributed by atoms with Crippen molar-refractivity contribution in [2.45, 2.75) is 32.6 Å². The second-order valence-electron chi connectivity index (χ2n) is 6.83. The fourth-order valence-electron chi connectivity index (χ4n) is 2.86. The molecule has 7 heteroatoms. The van der Waals surface area contributed by atoms with Gasteiger partial charge in [-0.15, -0.1) is 0 Å². The Labute approximate surface area is 167 Å². The maximum Gasteiger partial charge on any atom is 0.191 e. The molecule has 0 spiro atoms. The average molecular weight is 396 g/mol. The van der Waals surface area contributed by atoms with Gasteiger partial charge in [-0.1, -0.05) is 0 Å². The number of ether oxygens (including phenoxy) is 3. The Hall–Kier alpha value is -1.86. The SMILES string of the molecule is CCNC(=NCCCOc1ccc(F)cc1)NCCCOCC1CCOCC1. The predicted octanol–water partition coefficient (Wildman–Crippen LogP) is 2.98. The summed E-state index contributed by atoms with van der Waals surface area (Å²) in [6, 6.07) is 6.06. The summed E-state index contributed by atoms with van der Waals surface area (Å²) in [5.74, 6) is 1.88. The maximum absolute atomic E-state index is 12.8. The summed E-state index contributed by atoms with van der Waals surface area (Å²) in [6.45, 7) is 8.24. The third-order valence-corrected chi connectivity index (χ3v) is 4.45. The molecule has 0 unspecified atom stereocenters. The molecule has 1 aliphatic rings. The number of rotatable bonds is 12. The molecular weight excluding hydrogens is 361 g/mol. The zero-order valence-electron chi connectivity index (χ0n) is 16.9. The van der Waals surface area contributed by atoms with Gasteiger partial charge in [0, 0.05) is 52.5 Å². The van der Waals surface area contributed by atoms with E-state index >= 15 is 0 Å². The van der Waals surface area contributed by atoms with Crippen LogP contribution in [0.2, 0.25) is 0 Å². The van der Waals surface area contributed by atoms with Crippen molar-refractivity contribution in [3.63, 3.8) is 0 Å². The second-order valence-corrected chi connectivity index (χ2v) is 6.83. The first kappa shape index (κ1) is 22.4. The van der Waals surface area contributed by atoms with Crippen LogP contribution in [0.5, 0.6) is 5.75 Å². The normalized spacial score (nSPS) is 15.4. The average Bonchev–Trinajstić information content (AvgIpc) is 2.72. The molecule has 1 saturated heterocycles. The zero-order valence-corrected chi connectivity index (χ0v) is 16.9. The molecule has 0 aliphatic carbocycles. The molecule has 0 bridgehead atoms. The molecule has 0 saturated carbocycles. The molecule has 1 aliphatic heterocycles. The van der Waals surface area contributed by atoms with Crippen LogP contribution >= 0.6 is 0 Å². The van der Waals surface area contributed by atoms with Crippen molar-refractivity contribution in [3.8, 4) is 5.75 Å². The molecule has 28 heavy (non-hydrogen) atoms. The first-order valence-corrected chi connectivity index (χ1v) is 10.3. The van der Waals surface area contributed by atoms with Crippen LogP contribution < -0.4 is 15.4 Å². The smallest absolute Gasteiger partial charge is 0.191 e. The molecule has 1 aromatic carbocycles. The minimum atomic E-state index is -0.257. The van der Waals surface area contributed by atoms with Crippen LogP contribution in [0.3, 0.4) is 0 Å². The number of guanidine groups is 1. The Balaban J connectivity index is 1.52. The molecule has 2 N–H and O–H groups in total. The highest BCUT2D eigenvalue weighted by Crippen LogP contribution is 2.14. The van der Waals surface area contributed by atoms with Crippen LogP contribution in [0.25, 0.3) is 0 Å². The Kier molecular flexibility index (Phi) is 11.4. The summed E-state index contributed by atoms with van der Waals surface area (Å²) >= 11 is 0. The monoisotopic (exact) mass is 395 g/mol. The van der Waals surface area contributed by atoms with Gasteiger partial charge in [0.2, 0.25) is 0 Å². The van der Waals surface area contributed by atoms with Crippen molar-refractivity contribution >= 4 is 5.96 Å². The molecule has 2 rings (SSSR count). The lowest BCUT2D eigenvalue weighted by Crippen LogP contribution is -2.38.